The topological polar surface area (TPSA) is 49.8 Å². The van der Waals surface area contributed by atoms with Crippen LogP contribution in [0.3, 0.4) is 0 Å². The van der Waals surface area contributed by atoms with Crippen LogP contribution in [-0.4, -0.2) is 42.1 Å². The van der Waals surface area contributed by atoms with Gasteiger partial charge in [-0.2, -0.15) is 0 Å². The van der Waals surface area contributed by atoms with Gasteiger partial charge in [-0.3, -0.25) is 4.90 Å². The fourth-order valence-electron chi connectivity index (χ4n) is 1.85. The minimum Gasteiger partial charge on any atom is -0.450 e. The molecule has 0 heterocycles. The van der Waals surface area contributed by atoms with Gasteiger partial charge in [-0.05, 0) is 31.3 Å². The molecule has 0 radical (unpaired) electrons. The van der Waals surface area contributed by atoms with Crippen LogP contribution >= 0.6 is 0 Å². The maximum atomic E-state index is 13.8. The lowest BCUT2D eigenvalue weighted by Gasteiger charge is -2.36. The van der Waals surface area contributed by atoms with Gasteiger partial charge >= 0.3 is 5.97 Å². The second kappa shape index (κ2) is 10.4. The van der Waals surface area contributed by atoms with E-state index >= 15 is 0 Å². The number of carbonyl (C=O) groups excluding carboxylic acids is 1. The third kappa shape index (κ3) is 5.09. The Morgan fingerprint density at radius 2 is 2.00 bits per heavy atom. The number of ether oxygens (including phenoxy) is 1. The molecule has 1 aliphatic rings. The minimum atomic E-state index is -4.61. The van der Waals surface area contributed by atoms with E-state index in [-0.39, 0.29) is 0 Å². The van der Waals surface area contributed by atoms with Crippen molar-refractivity contribution in [1.82, 2.24) is 4.90 Å². The molecular formula is C22H31NO3. The molecule has 142 valence electrons. The van der Waals surface area contributed by atoms with Gasteiger partial charge in [0.15, 0.2) is 12.2 Å². The molecule has 0 aromatic heterocycles. The van der Waals surface area contributed by atoms with Gasteiger partial charge < -0.3 is 9.84 Å². The summed E-state index contributed by atoms with van der Waals surface area (Å²) in [7, 11) is 0. The Morgan fingerprint density at radius 3 is 2.62 bits per heavy atom. The number of hydrogen-bond donors (Lipinski definition) is 1. The van der Waals surface area contributed by atoms with Crippen molar-refractivity contribution < 1.29 is 42.1 Å². The zero-order chi connectivity index (χ0) is 36.7. The van der Waals surface area contributed by atoms with Crippen LogP contribution in [0.4, 0.5) is 0 Å². The summed E-state index contributed by atoms with van der Waals surface area (Å²) in [6.07, 6.45) is -21.5. The molecule has 0 aliphatic heterocycles. The van der Waals surface area contributed by atoms with Crippen LogP contribution in [0.25, 0.3) is 0 Å². The van der Waals surface area contributed by atoms with Crippen molar-refractivity contribution in [1.29, 1.82) is 0 Å². The zero-order valence-corrected chi connectivity index (χ0v) is 14.1. The summed E-state index contributed by atoms with van der Waals surface area (Å²) in [5.41, 5.74) is -6.21. The predicted octanol–water partition coefficient (Wildman–Crippen LogP) is 3.34. The number of nitrogens with zero attached hydrogens (tertiary/aromatic N) is 1. The molecule has 0 saturated heterocycles. The van der Waals surface area contributed by atoms with E-state index in [1.54, 1.807) is 0 Å². The van der Waals surface area contributed by atoms with E-state index in [0.29, 0.717) is 4.90 Å². The first-order valence-corrected chi connectivity index (χ1v) is 7.39. The molecule has 1 N–H and O–H groups in total. The van der Waals surface area contributed by atoms with Crippen LogP contribution in [-0.2, 0) is 15.1 Å². The van der Waals surface area contributed by atoms with Crippen molar-refractivity contribution in [2.45, 2.75) is 51.3 Å². The Kier molecular flexibility index (Phi) is 2.53. The molecule has 1 fully saturated rings. The number of esters is 1. The van der Waals surface area contributed by atoms with E-state index in [2.05, 4.69) is 11.8 Å². The van der Waals surface area contributed by atoms with Gasteiger partial charge in [0.1, 0.15) is 0 Å². The van der Waals surface area contributed by atoms with Crippen LogP contribution in [0.15, 0.2) is 30.2 Å². The van der Waals surface area contributed by atoms with Gasteiger partial charge in [-0.15, -0.1) is 0 Å². The van der Waals surface area contributed by atoms with Crippen LogP contribution in [0.2, 0.25) is 0 Å². The summed E-state index contributed by atoms with van der Waals surface area (Å²) in [4.78, 5) is 14.4. The quantitative estimate of drug-likeness (QED) is 0.585. The van der Waals surface area contributed by atoms with E-state index < -0.39 is 111 Å². The molecule has 1 aliphatic carbocycles. The first-order valence-electron chi connectivity index (χ1n) is 17.4. The molecule has 2 rings (SSSR count). The van der Waals surface area contributed by atoms with Gasteiger partial charge in [0.2, 0.25) is 0 Å². The summed E-state index contributed by atoms with van der Waals surface area (Å²) in [5, 5.41) is 12.1. The maximum absolute atomic E-state index is 13.8. The van der Waals surface area contributed by atoms with Crippen molar-refractivity contribution in [3.63, 3.8) is 0 Å². The number of aliphatic hydroxyl groups is 1. The molecule has 1 unspecified atom stereocenters. The van der Waals surface area contributed by atoms with E-state index in [0.717, 1.165) is 13.8 Å². The number of benzene rings is 1. The van der Waals surface area contributed by atoms with Crippen molar-refractivity contribution in [2.75, 3.05) is 26.1 Å². The van der Waals surface area contributed by atoms with Crippen LogP contribution in [0, 0.1) is 17.7 Å². The molecule has 1 saturated carbocycles. The van der Waals surface area contributed by atoms with Gasteiger partial charge in [0.05, 0.1) is 13.4 Å². The van der Waals surface area contributed by atoms with Crippen molar-refractivity contribution in [2.24, 2.45) is 5.89 Å². The maximum Gasteiger partial charge on any atom is 0.344 e. The molecule has 1 aromatic carbocycles. The van der Waals surface area contributed by atoms with Crippen LogP contribution < -0.4 is 0 Å². The normalized spacial score (nSPS) is 40.5. The second-order valence-electron chi connectivity index (χ2n) is 4.67. The highest BCUT2D eigenvalue weighted by molar-refractivity contribution is 5.81. The number of carbonyl (C=O) groups is 1. The average Bonchev–Trinajstić information content (AvgIpc) is 2.89. The van der Waals surface area contributed by atoms with E-state index in [4.69, 9.17) is 32.2 Å². The second-order valence-corrected chi connectivity index (χ2v) is 4.67. The van der Waals surface area contributed by atoms with Crippen molar-refractivity contribution in [3.05, 3.63) is 35.8 Å². The highest BCUT2D eigenvalue weighted by atomic mass is 16.5. The van der Waals surface area contributed by atoms with Crippen LogP contribution in [0.1, 0.15) is 78.7 Å². The van der Waals surface area contributed by atoms with Crippen LogP contribution in [0.5, 0.6) is 0 Å². The monoisotopic (exact) mass is 377 g/mol. The Labute approximate surface area is 185 Å². The van der Waals surface area contributed by atoms with Gasteiger partial charge in [0.25, 0.3) is 0 Å². The summed E-state index contributed by atoms with van der Waals surface area (Å²) >= 11 is 0. The molecule has 4 heteroatoms. The number of hydrogen-bond acceptors (Lipinski definition) is 4. The zero-order valence-electron chi connectivity index (χ0n) is 34.1. The fourth-order valence-corrected chi connectivity index (χ4v) is 1.85. The third-order valence-electron chi connectivity index (χ3n) is 3.20. The molecule has 4 nitrogen and oxygen atoms in total. The van der Waals surface area contributed by atoms with Gasteiger partial charge in [-0.1, -0.05) is 75.0 Å². The molecular weight excluding hydrogens is 326 g/mol. The Bertz CT molecular complexity index is 1380. The predicted molar refractivity (Wildman–Crippen MR) is 103 cm³/mol. The minimum absolute atomic E-state index is 0.624. The van der Waals surface area contributed by atoms with E-state index in [1.807, 2.05) is 0 Å². The molecule has 26 heavy (non-hydrogen) atoms. The summed E-state index contributed by atoms with van der Waals surface area (Å²) < 4.78 is 168. The molecule has 0 amide bonds. The molecule has 1 aromatic rings. The summed E-state index contributed by atoms with van der Waals surface area (Å²) in [6, 6.07) is -6.70. The molecule has 0 spiro atoms. The highest BCUT2D eigenvalue weighted by Crippen LogP contribution is 2.40. The summed E-state index contributed by atoms with van der Waals surface area (Å²) in [6.45, 7) is -4.24. The smallest absolute Gasteiger partial charge is 0.344 e. The lowest BCUT2D eigenvalue weighted by atomic mass is 9.73. The first-order chi connectivity index (χ1) is 20.2. The lowest BCUT2D eigenvalue weighted by Crippen LogP contribution is -2.45. The Hall–Kier alpha value is -1.83. The van der Waals surface area contributed by atoms with E-state index in [9.17, 15) is 9.90 Å². The molecule has 1 atom stereocenters. The highest BCUT2D eigenvalue weighted by Gasteiger charge is 2.46. The third-order valence-corrected chi connectivity index (χ3v) is 3.20. The van der Waals surface area contributed by atoms with Crippen molar-refractivity contribution >= 4 is 5.97 Å². The standard InChI is InChI=1S/C22H31NO3/c1-3-23(4-2)17-11-12-18-26-21(24)22(25,19-13-7-5-8-14-19)20-15-9-6-10-16-20/h5,7-8,13-14,20,25H,3-4,6,9-10,15-18H2,1-2H3/i3D2,4D2,5D,6D2,7D,8D,9D2,10D2,13D,14D,15D2,16D2,20D. The Balaban J connectivity index is 2.95. The fraction of sp³-hybridized carbons (Fsp3) is 0.591. The lowest BCUT2D eigenvalue weighted by molar-refractivity contribution is -0.174. The van der Waals surface area contributed by atoms with Gasteiger partial charge in [-0.25, -0.2) is 4.79 Å². The Morgan fingerprint density at radius 1 is 1.35 bits per heavy atom. The largest absolute Gasteiger partial charge is 0.450 e. The van der Waals surface area contributed by atoms with Crippen molar-refractivity contribution in [3.8, 4) is 11.8 Å². The first kappa shape index (κ1) is 6.36. The number of rotatable bonds is 7. The molecule has 0 bridgehead atoms. The summed E-state index contributed by atoms with van der Waals surface area (Å²) in [5.74, 6) is -2.56. The SMILES string of the molecule is [2H]c1c([2H])c([2H])c(C(O)(C(=O)OCC#CCN(C([2H])([2H])C)C([2H])([2H])C)C2([2H])C([2H])([2H])C([2H])([2H])C([2H])([2H])C([2H])([2H])C2([2H])[2H])c([2H])c1[2H]. The van der Waals surface area contributed by atoms with Gasteiger partial charge in [0, 0.05) is 26.5 Å². The average molecular weight is 378 g/mol. The van der Waals surface area contributed by atoms with E-state index in [1.165, 1.54) is 0 Å².